The van der Waals surface area contributed by atoms with Crippen LogP contribution in [0.3, 0.4) is 0 Å². The van der Waals surface area contributed by atoms with Crippen LogP contribution in [0.5, 0.6) is 0 Å². The van der Waals surface area contributed by atoms with Gasteiger partial charge >= 0.3 is 5.97 Å². The lowest BCUT2D eigenvalue weighted by molar-refractivity contribution is -0.136. The number of fused-ring (bicyclic) bond motifs is 2. The summed E-state index contributed by atoms with van der Waals surface area (Å²) in [4.78, 5) is 19.3. The Morgan fingerprint density at radius 1 is 1.13 bits per heavy atom. The van der Waals surface area contributed by atoms with Gasteiger partial charge in [-0.25, -0.2) is 4.98 Å². The molecule has 1 atom stereocenters. The predicted molar refractivity (Wildman–Crippen MR) is 183 cm³/mol. The highest BCUT2D eigenvalue weighted by molar-refractivity contribution is 7.22. The first-order chi connectivity index (χ1) is 21.2. The number of ether oxygens (including phenoxy) is 1. The van der Waals surface area contributed by atoms with Gasteiger partial charge in [0.1, 0.15) is 5.01 Å². The maximum atomic E-state index is 11.8. The first kappa shape index (κ1) is 33.0. The van der Waals surface area contributed by atoms with E-state index in [1.807, 2.05) is 49.0 Å². The summed E-state index contributed by atoms with van der Waals surface area (Å²) in [5, 5.41) is 25.8. The van der Waals surface area contributed by atoms with Gasteiger partial charge in [-0.15, -0.1) is 11.3 Å². The molecule has 1 aliphatic heterocycles. The normalized spacial score (nSPS) is 14.8. The number of benzene rings is 3. The minimum atomic E-state index is -0.858. The molecule has 0 saturated carbocycles. The number of rotatable bonds is 8. The Morgan fingerprint density at radius 3 is 2.40 bits per heavy atom. The van der Waals surface area contributed by atoms with Crippen LogP contribution in [-0.2, 0) is 23.0 Å². The Balaban J connectivity index is 0.000000743. The molecule has 0 aliphatic carbocycles. The lowest BCUT2D eigenvalue weighted by atomic mass is 9.92. The lowest BCUT2D eigenvalue weighted by Gasteiger charge is -2.42. The zero-order valence-electron chi connectivity index (χ0n) is 26.9. The molecule has 1 fully saturated rings. The molecule has 1 aliphatic rings. The van der Waals surface area contributed by atoms with Crippen LogP contribution in [-0.4, -0.2) is 74.3 Å². The fourth-order valence-corrected chi connectivity index (χ4v) is 7.04. The van der Waals surface area contributed by atoms with Crippen LogP contribution in [0.2, 0.25) is 5.02 Å². The summed E-state index contributed by atoms with van der Waals surface area (Å²) < 4.78 is 8.28. The molecule has 10 heteroatoms. The first-order valence-corrected chi connectivity index (χ1v) is 16.3. The van der Waals surface area contributed by atoms with Gasteiger partial charge in [-0.3, -0.25) is 14.4 Å². The molecule has 2 aromatic heterocycles. The van der Waals surface area contributed by atoms with Gasteiger partial charge in [0.05, 0.1) is 40.1 Å². The molecular formula is C35H41ClN4O4S. The summed E-state index contributed by atoms with van der Waals surface area (Å²) in [7, 11) is 3.74. The maximum Gasteiger partial charge on any atom is 0.307 e. The zero-order chi connectivity index (χ0) is 32.6. The van der Waals surface area contributed by atoms with E-state index in [-0.39, 0.29) is 6.42 Å². The van der Waals surface area contributed by atoms with Crippen molar-refractivity contribution < 1.29 is 19.7 Å². The van der Waals surface area contributed by atoms with Gasteiger partial charge in [0, 0.05) is 60.7 Å². The maximum absolute atomic E-state index is 11.8. The van der Waals surface area contributed by atoms with Gasteiger partial charge < -0.3 is 14.9 Å². The quantitative estimate of drug-likeness (QED) is 0.182. The summed E-state index contributed by atoms with van der Waals surface area (Å²) in [6, 6.07) is 16.4. The minimum absolute atomic E-state index is 0.0562. The number of aromatic nitrogens is 3. The summed E-state index contributed by atoms with van der Waals surface area (Å²) in [5.41, 5.74) is 7.20. The van der Waals surface area contributed by atoms with E-state index >= 15 is 0 Å². The lowest BCUT2D eigenvalue weighted by Crippen LogP contribution is -2.51. The summed E-state index contributed by atoms with van der Waals surface area (Å²) in [6.07, 6.45) is -0.0562. The molecule has 0 spiro atoms. The fraction of sp³-hybridized carbons (Fsp3) is 0.400. The summed E-state index contributed by atoms with van der Waals surface area (Å²) in [6.45, 7) is 12.1. The molecule has 2 N–H and O–H groups in total. The van der Waals surface area contributed by atoms with E-state index in [9.17, 15) is 9.90 Å². The SMILES string of the molecule is CC(C)(C)O.COCC(C)N1CC(c2nn(C)c3ccc(-c4nc5cc(C)c(CC(=O)O)c(-c6ccc(Cl)cc6)c5s4)cc23)C1. The summed E-state index contributed by atoms with van der Waals surface area (Å²) >= 11 is 7.77. The second-order valence-corrected chi connectivity index (χ2v) is 14.3. The molecule has 45 heavy (non-hydrogen) atoms. The number of halogens is 1. The van der Waals surface area contributed by atoms with Gasteiger partial charge in [0.2, 0.25) is 0 Å². The number of aliphatic carboxylic acids is 1. The van der Waals surface area contributed by atoms with Gasteiger partial charge in [-0.1, -0.05) is 23.7 Å². The molecule has 0 amide bonds. The predicted octanol–water partition coefficient (Wildman–Crippen LogP) is 7.32. The van der Waals surface area contributed by atoms with Gasteiger partial charge in [-0.2, -0.15) is 5.10 Å². The number of hydrogen-bond acceptors (Lipinski definition) is 7. The van der Waals surface area contributed by atoms with Crippen molar-refractivity contribution in [1.82, 2.24) is 19.7 Å². The largest absolute Gasteiger partial charge is 0.481 e. The zero-order valence-corrected chi connectivity index (χ0v) is 28.5. The van der Waals surface area contributed by atoms with Crippen LogP contribution in [0.1, 0.15) is 50.4 Å². The van der Waals surface area contributed by atoms with Gasteiger partial charge in [0.15, 0.2) is 0 Å². The van der Waals surface area contributed by atoms with Crippen molar-refractivity contribution in [2.45, 2.75) is 58.6 Å². The fourth-order valence-electron chi connectivity index (χ4n) is 5.78. The van der Waals surface area contributed by atoms with Gasteiger partial charge in [0.25, 0.3) is 0 Å². The third kappa shape index (κ3) is 7.39. The molecule has 0 bridgehead atoms. The van der Waals surface area contributed by atoms with Crippen LogP contribution >= 0.6 is 22.9 Å². The minimum Gasteiger partial charge on any atom is -0.481 e. The Bertz CT molecular complexity index is 1830. The van der Waals surface area contributed by atoms with Crippen LogP contribution in [0, 0.1) is 6.92 Å². The van der Waals surface area contributed by atoms with Gasteiger partial charge in [-0.05, 0) is 87.7 Å². The highest BCUT2D eigenvalue weighted by atomic mass is 35.5. The van der Waals surface area contributed by atoms with Crippen molar-refractivity contribution >= 4 is 50.0 Å². The second kappa shape index (κ2) is 13.2. The van der Waals surface area contributed by atoms with E-state index in [0.717, 1.165) is 79.3 Å². The molecule has 8 nitrogen and oxygen atoms in total. The van der Waals surface area contributed by atoms with Crippen molar-refractivity contribution in [3.63, 3.8) is 0 Å². The van der Waals surface area contributed by atoms with Crippen molar-refractivity contribution in [1.29, 1.82) is 0 Å². The molecule has 5 aromatic rings. The molecule has 1 saturated heterocycles. The highest BCUT2D eigenvalue weighted by Gasteiger charge is 2.34. The summed E-state index contributed by atoms with van der Waals surface area (Å²) in [5.74, 6) is -0.477. The van der Waals surface area contributed by atoms with E-state index < -0.39 is 11.6 Å². The van der Waals surface area contributed by atoms with E-state index in [2.05, 4.69) is 30.0 Å². The number of carboxylic acids is 1. The molecule has 238 valence electrons. The molecular weight excluding hydrogens is 608 g/mol. The third-order valence-electron chi connectivity index (χ3n) is 7.93. The highest BCUT2D eigenvalue weighted by Crippen LogP contribution is 2.42. The number of thiazole rings is 1. The van der Waals surface area contributed by atoms with Crippen molar-refractivity contribution in [2.75, 3.05) is 26.8 Å². The number of hydrogen-bond donors (Lipinski definition) is 2. The van der Waals surface area contributed by atoms with E-state index in [4.69, 9.17) is 31.5 Å². The van der Waals surface area contributed by atoms with Crippen LogP contribution in [0.4, 0.5) is 0 Å². The number of carbonyl (C=O) groups is 1. The standard InChI is InChI=1S/C31H31ClN4O3S.C4H10O/c1-17-11-25-30(28(23(17)13-27(37)38)19-5-8-22(32)9-6-19)40-31(33-25)20-7-10-26-24(12-20)29(34-35(26)3)21-14-36(15-21)18(2)16-39-4;1-4(2,3)5/h5-12,18,21H,13-16H2,1-4H3,(H,37,38);5H,1-3H3. The number of carboxylic acid groups (broad SMARTS) is 1. The van der Waals surface area contributed by atoms with Crippen LogP contribution < -0.4 is 0 Å². The number of aryl methyl sites for hydroxylation is 2. The van der Waals surface area contributed by atoms with E-state index in [0.29, 0.717) is 17.0 Å². The van der Waals surface area contributed by atoms with Crippen molar-refractivity contribution in [2.24, 2.45) is 7.05 Å². The Labute approximate surface area is 273 Å². The number of aliphatic hydroxyl groups is 1. The second-order valence-electron chi connectivity index (χ2n) is 12.9. The van der Waals surface area contributed by atoms with Crippen molar-refractivity contribution in [3.8, 4) is 21.7 Å². The number of likely N-dealkylation sites (tertiary alicyclic amines) is 1. The monoisotopic (exact) mass is 648 g/mol. The molecule has 6 rings (SSSR count). The Kier molecular flexibility index (Phi) is 9.68. The molecule has 3 heterocycles. The Morgan fingerprint density at radius 2 is 1.78 bits per heavy atom. The Hall–Kier alpha value is -3.34. The van der Waals surface area contributed by atoms with Crippen molar-refractivity contribution in [3.05, 3.63) is 70.4 Å². The average Bonchev–Trinajstić information content (AvgIpc) is 3.48. The smallest absolute Gasteiger partial charge is 0.307 e. The molecule has 1 unspecified atom stereocenters. The average molecular weight is 649 g/mol. The van der Waals surface area contributed by atoms with Crippen LogP contribution in [0.15, 0.2) is 48.5 Å². The van der Waals surface area contributed by atoms with E-state index in [1.54, 1.807) is 39.2 Å². The first-order valence-electron chi connectivity index (χ1n) is 15.1. The molecule has 3 aromatic carbocycles. The number of methoxy groups -OCH3 is 1. The van der Waals surface area contributed by atoms with Crippen LogP contribution in [0.25, 0.3) is 42.8 Å². The third-order valence-corrected chi connectivity index (χ3v) is 9.32. The number of nitrogens with zero attached hydrogens (tertiary/aromatic N) is 4. The molecule has 0 radical (unpaired) electrons. The van der Waals surface area contributed by atoms with E-state index in [1.165, 1.54) is 0 Å². The topological polar surface area (TPSA) is 101 Å².